The average Bonchev–Trinajstić information content (AvgIpc) is 3.54. The Morgan fingerprint density at radius 2 is 1.68 bits per heavy atom. The van der Waals surface area contributed by atoms with E-state index in [1.807, 2.05) is 0 Å². The maximum absolute atomic E-state index is 14.3. The van der Waals surface area contributed by atoms with Gasteiger partial charge in [0, 0.05) is 44.9 Å². The molecule has 0 N–H and O–H groups in total. The number of hydrazone groups is 1. The molecule has 2 aliphatic heterocycles. The zero-order valence-electron chi connectivity index (χ0n) is 18.8. The number of benzene rings is 1. The van der Waals surface area contributed by atoms with Crippen LogP contribution in [0.3, 0.4) is 0 Å². The number of halogens is 6. The standard InChI is InChI=1S/C21H17F6N9O/c22-13-7-12(8-14(23)9-13)16-1-2-30-36(16)20(37)34-5-3-33(4-6-34)19-28-10-15(24)17(31-19)35-11-29-18(32-35)21(25,26)27/h2,7-11,16H,1,3-6H2/t16-/m0/s1. The van der Waals surface area contributed by atoms with E-state index in [4.69, 9.17) is 0 Å². The van der Waals surface area contributed by atoms with Crippen LogP contribution in [0.2, 0.25) is 0 Å². The van der Waals surface area contributed by atoms with Crippen molar-refractivity contribution in [3.8, 4) is 5.82 Å². The molecule has 37 heavy (non-hydrogen) atoms. The highest BCUT2D eigenvalue weighted by atomic mass is 19.4. The Morgan fingerprint density at radius 1 is 0.973 bits per heavy atom. The number of rotatable bonds is 3. The number of amides is 2. The first-order valence-electron chi connectivity index (χ1n) is 10.9. The van der Waals surface area contributed by atoms with Crippen LogP contribution in [0.5, 0.6) is 0 Å². The number of hydrogen-bond donors (Lipinski definition) is 0. The molecule has 4 heterocycles. The van der Waals surface area contributed by atoms with Crippen molar-refractivity contribution in [3.05, 3.63) is 59.6 Å². The number of piperazine rings is 1. The van der Waals surface area contributed by atoms with Crippen LogP contribution >= 0.6 is 0 Å². The quantitative estimate of drug-likeness (QED) is 0.488. The maximum Gasteiger partial charge on any atom is 0.453 e. The second-order valence-electron chi connectivity index (χ2n) is 8.21. The van der Waals surface area contributed by atoms with Crippen molar-refractivity contribution in [2.45, 2.75) is 18.6 Å². The molecular weight excluding hydrogens is 508 g/mol. The molecule has 2 aliphatic rings. The third kappa shape index (κ3) is 4.90. The lowest BCUT2D eigenvalue weighted by Crippen LogP contribution is -2.52. The van der Waals surface area contributed by atoms with Crippen molar-refractivity contribution in [3.63, 3.8) is 0 Å². The van der Waals surface area contributed by atoms with E-state index in [9.17, 15) is 31.1 Å². The van der Waals surface area contributed by atoms with E-state index in [0.29, 0.717) is 17.4 Å². The van der Waals surface area contributed by atoms with Gasteiger partial charge in [-0.3, -0.25) is 0 Å². The lowest BCUT2D eigenvalue weighted by atomic mass is 10.0. The molecule has 0 radical (unpaired) electrons. The first kappa shape index (κ1) is 24.5. The van der Waals surface area contributed by atoms with Gasteiger partial charge in [0.1, 0.15) is 18.0 Å². The predicted molar refractivity (Wildman–Crippen MR) is 115 cm³/mol. The van der Waals surface area contributed by atoms with E-state index >= 15 is 0 Å². The van der Waals surface area contributed by atoms with Crippen molar-refractivity contribution in [2.75, 3.05) is 31.1 Å². The van der Waals surface area contributed by atoms with Crippen LogP contribution in [0.4, 0.5) is 37.1 Å². The van der Waals surface area contributed by atoms with Crippen LogP contribution in [0.1, 0.15) is 23.9 Å². The normalized spacial score (nSPS) is 18.1. The van der Waals surface area contributed by atoms with E-state index in [-0.39, 0.29) is 37.7 Å². The number of hydrogen-bond acceptors (Lipinski definition) is 7. The summed E-state index contributed by atoms with van der Waals surface area (Å²) in [6.07, 6.45) is -1.51. The highest BCUT2D eigenvalue weighted by Gasteiger charge is 2.37. The Kier molecular flexibility index (Phi) is 6.16. The van der Waals surface area contributed by atoms with Gasteiger partial charge in [0.15, 0.2) is 11.6 Å². The minimum Gasteiger partial charge on any atom is -0.337 e. The average molecular weight is 525 g/mol. The molecule has 1 fully saturated rings. The van der Waals surface area contributed by atoms with E-state index in [2.05, 4.69) is 25.2 Å². The number of aromatic nitrogens is 5. The maximum atomic E-state index is 14.3. The summed E-state index contributed by atoms with van der Waals surface area (Å²) in [6.45, 7) is 0.816. The molecule has 1 saturated heterocycles. The van der Waals surface area contributed by atoms with Crippen LogP contribution in [0.25, 0.3) is 5.82 Å². The van der Waals surface area contributed by atoms with Crippen molar-refractivity contribution in [1.29, 1.82) is 0 Å². The summed E-state index contributed by atoms with van der Waals surface area (Å²) in [5, 5.41) is 8.48. The van der Waals surface area contributed by atoms with E-state index in [0.717, 1.165) is 24.4 Å². The summed E-state index contributed by atoms with van der Waals surface area (Å²) in [5.74, 6) is -4.45. The second kappa shape index (κ2) is 9.33. The fourth-order valence-electron chi connectivity index (χ4n) is 4.04. The highest BCUT2D eigenvalue weighted by molar-refractivity contribution is 5.78. The van der Waals surface area contributed by atoms with Crippen LogP contribution in [0, 0.1) is 17.5 Å². The molecule has 2 amide bonds. The van der Waals surface area contributed by atoms with Gasteiger partial charge in [-0.2, -0.15) is 27.9 Å². The third-order valence-corrected chi connectivity index (χ3v) is 5.80. The first-order chi connectivity index (χ1) is 17.6. The van der Waals surface area contributed by atoms with Crippen molar-refractivity contribution < 1.29 is 31.1 Å². The van der Waals surface area contributed by atoms with E-state index in [1.165, 1.54) is 16.1 Å². The summed E-state index contributed by atoms with van der Waals surface area (Å²) in [5.41, 5.74) is 0.274. The van der Waals surface area contributed by atoms with Gasteiger partial charge in [-0.15, -0.1) is 5.10 Å². The van der Waals surface area contributed by atoms with Gasteiger partial charge in [-0.25, -0.2) is 32.9 Å². The predicted octanol–water partition coefficient (Wildman–Crippen LogP) is 3.17. The molecule has 0 bridgehead atoms. The Hall–Kier alpha value is -4.24. The van der Waals surface area contributed by atoms with Gasteiger partial charge < -0.3 is 9.80 Å². The monoisotopic (exact) mass is 525 g/mol. The van der Waals surface area contributed by atoms with Crippen LogP contribution in [0.15, 0.2) is 35.8 Å². The number of urea groups is 1. The molecule has 16 heteroatoms. The summed E-state index contributed by atoms with van der Waals surface area (Å²) < 4.78 is 80.6. The molecule has 0 spiro atoms. The van der Waals surface area contributed by atoms with Gasteiger partial charge >= 0.3 is 12.2 Å². The van der Waals surface area contributed by atoms with Crippen LogP contribution in [-0.2, 0) is 6.18 Å². The second-order valence-corrected chi connectivity index (χ2v) is 8.21. The van der Waals surface area contributed by atoms with Gasteiger partial charge in [0.2, 0.25) is 5.95 Å². The lowest BCUT2D eigenvalue weighted by molar-refractivity contribution is -0.144. The zero-order chi connectivity index (χ0) is 26.3. The summed E-state index contributed by atoms with van der Waals surface area (Å²) in [7, 11) is 0. The molecule has 10 nitrogen and oxygen atoms in total. The van der Waals surface area contributed by atoms with Crippen molar-refractivity contribution in [1.82, 2.24) is 34.6 Å². The fourth-order valence-corrected chi connectivity index (χ4v) is 4.04. The van der Waals surface area contributed by atoms with E-state index in [1.54, 1.807) is 4.90 Å². The molecular formula is C21H17F6N9O. The molecule has 1 aromatic carbocycles. The van der Waals surface area contributed by atoms with E-state index < -0.39 is 47.3 Å². The van der Waals surface area contributed by atoms with Crippen molar-refractivity contribution in [2.24, 2.45) is 5.10 Å². The number of alkyl halides is 3. The lowest BCUT2D eigenvalue weighted by Gasteiger charge is -2.37. The highest BCUT2D eigenvalue weighted by Crippen LogP contribution is 2.31. The number of carbonyl (C=O) groups is 1. The Balaban J connectivity index is 1.27. The van der Waals surface area contributed by atoms with Gasteiger partial charge in [0.05, 0.1) is 12.2 Å². The van der Waals surface area contributed by atoms with Gasteiger partial charge in [-0.1, -0.05) is 0 Å². The Bertz CT molecular complexity index is 1330. The Labute approximate surface area is 204 Å². The molecule has 5 rings (SSSR count). The topological polar surface area (TPSA) is 95.6 Å². The number of nitrogens with zero attached hydrogens (tertiary/aromatic N) is 9. The first-order valence-corrected chi connectivity index (χ1v) is 10.9. The van der Waals surface area contributed by atoms with Crippen LogP contribution < -0.4 is 4.90 Å². The third-order valence-electron chi connectivity index (χ3n) is 5.80. The van der Waals surface area contributed by atoms with Gasteiger partial charge in [0.25, 0.3) is 5.82 Å². The molecule has 0 unspecified atom stereocenters. The molecule has 0 saturated carbocycles. The molecule has 3 aromatic rings. The zero-order valence-corrected chi connectivity index (χ0v) is 18.8. The summed E-state index contributed by atoms with van der Waals surface area (Å²) in [6, 6.07) is 1.91. The smallest absolute Gasteiger partial charge is 0.337 e. The van der Waals surface area contributed by atoms with Crippen molar-refractivity contribution >= 4 is 18.2 Å². The molecule has 194 valence electrons. The Morgan fingerprint density at radius 3 is 2.32 bits per heavy atom. The largest absolute Gasteiger partial charge is 0.453 e. The fraction of sp³-hybridized carbons (Fsp3) is 0.333. The molecule has 2 aromatic heterocycles. The summed E-state index contributed by atoms with van der Waals surface area (Å²) in [4.78, 5) is 27.3. The SMILES string of the molecule is O=C(N1CCN(c2ncc(F)c(-n3cnc(C(F)(F)F)n3)n2)CC1)N1N=CC[C@H]1c1cc(F)cc(F)c1. The molecule has 1 atom stereocenters. The minimum atomic E-state index is -4.80. The number of anilines is 1. The van der Waals surface area contributed by atoms with Crippen LogP contribution in [-0.4, -0.2) is 73.1 Å². The molecule has 0 aliphatic carbocycles. The minimum absolute atomic E-state index is 0.0277. The summed E-state index contributed by atoms with van der Waals surface area (Å²) >= 11 is 0. The number of carbonyl (C=O) groups excluding carboxylic acids is 1. The van der Waals surface area contributed by atoms with Gasteiger partial charge in [-0.05, 0) is 17.7 Å².